The van der Waals surface area contributed by atoms with E-state index in [1.807, 2.05) is 17.5 Å². The molecule has 5 nitrogen and oxygen atoms in total. The molecule has 1 fully saturated rings. The fourth-order valence-electron chi connectivity index (χ4n) is 3.66. The first kappa shape index (κ1) is 14.2. The highest BCUT2D eigenvalue weighted by Gasteiger charge is 2.31. The van der Waals surface area contributed by atoms with Crippen LogP contribution < -0.4 is 4.90 Å². The fourth-order valence-corrected chi connectivity index (χ4v) is 3.66. The zero-order chi connectivity index (χ0) is 16.0. The molecular weight excluding hydrogens is 286 g/mol. The zero-order valence-corrected chi connectivity index (χ0v) is 13.8. The van der Waals surface area contributed by atoms with Gasteiger partial charge in [-0.25, -0.2) is 0 Å². The summed E-state index contributed by atoms with van der Waals surface area (Å²) in [4.78, 5) is 2.40. The topological polar surface area (TPSA) is 46.3 Å². The highest BCUT2D eigenvalue weighted by Crippen LogP contribution is 2.35. The Bertz CT molecular complexity index is 853. The molecule has 0 unspecified atom stereocenters. The maximum atomic E-state index is 4.74. The van der Waals surface area contributed by atoms with Crippen molar-refractivity contribution in [2.45, 2.75) is 39.2 Å². The lowest BCUT2D eigenvalue weighted by Crippen LogP contribution is -2.28. The van der Waals surface area contributed by atoms with Crippen molar-refractivity contribution in [3.63, 3.8) is 0 Å². The maximum Gasteiger partial charge on any atom is 0.178 e. The quantitative estimate of drug-likeness (QED) is 0.730. The molecule has 0 bridgehead atoms. The van der Waals surface area contributed by atoms with Crippen LogP contribution in [0.25, 0.3) is 5.65 Å². The number of hydrogen-bond donors (Lipinski definition) is 0. The van der Waals surface area contributed by atoms with Crippen LogP contribution in [0.15, 0.2) is 36.4 Å². The Balaban J connectivity index is 1.66. The van der Waals surface area contributed by atoms with Crippen molar-refractivity contribution in [1.82, 2.24) is 19.8 Å². The third kappa shape index (κ3) is 2.36. The van der Waals surface area contributed by atoms with Gasteiger partial charge in [0.25, 0.3) is 0 Å². The average molecular weight is 307 g/mol. The van der Waals surface area contributed by atoms with Gasteiger partial charge in [-0.1, -0.05) is 24.3 Å². The molecule has 2 aromatic heterocycles. The molecule has 0 spiro atoms. The molecular formula is C18H21N5. The Labute approximate surface area is 136 Å². The summed E-state index contributed by atoms with van der Waals surface area (Å²) in [7, 11) is 0. The molecule has 1 aromatic carbocycles. The van der Waals surface area contributed by atoms with E-state index in [1.165, 1.54) is 11.1 Å². The maximum absolute atomic E-state index is 4.74. The van der Waals surface area contributed by atoms with Crippen LogP contribution in [0, 0.1) is 13.8 Å². The Morgan fingerprint density at radius 1 is 1.04 bits per heavy atom. The van der Waals surface area contributed by atoms with Gasteiger partial charge in [0.05, 0.1) is 0 Å². The van der Waals surface area contributed by atoms with E-state index in [0.29, 0.717) is 12.0 Å². The highest BCUT2D eigenvalue weighted by molar-refractivity contribution is 5.48. The zero-order valence-electron chi connectivity index (χ0n) is 13.8. The molecule has 1 saturated heterocycles. The Morgan fingerprint density at radius 2 is 1.87 bits per heavy atom. The molecule has 1 aliphatic heterocycles. The lowest BCUT2D eigenvalue weighted by molar-refractivity contribution is 0.690. The van der Waals surface area contributed by atoms with E-state index >= 15 is 0 Å². The van der Waals surface area contributed by atoms with Crippen molar-refractivity contribution < 1.29 is 0 Å². The third-order valence-electron chi connectivity index (χ3n) is 4.90. The number of anilines is 1. The minimum atomic E-state index is 0.473. The summed E-state index contributed by atoms with van der Waals surface area (Å²) in [5.41, 5.74) is 3.64. The summed E-state index contributed by atoms with van der Waals surface area (Å²) in [5.74, 6) is 2.39. The second kappa shape index (κ2) is 5.33. The van der Waals surface area contributed by atoms with Gasteiger partial charge >= 0.3 is 0 Å². The smallest absolute Gasteiger partial charge is 0.178 e. The van der Waals surface area contributed by atoms with E-state index in [2.05, 4.69) is 59.3 Å². The van der Waals surface area contributed by atoms with Crippen molar-refractivity contribution >= 4 is 11.5 Å². The number of hydrogen-bond acceptors (Lipinski definition) is 4. The summed E-state index contributed by atoms with van der Waals surface area (Å²) in [5, 5.41) is 12.9. The van der Waals surface area contributed by atoms with Crippen LogP contribution >= 0.6 is 0 Å². The summed E-state index contributed by atoms with van der Waals surface area (Å²) in [6.07, 6.45) is 1.16. The van der Waals surface area contributed by atoms with Crippen LogP contribution in [0.1, 0.15) is 36.2 Å². The molecule has 23 heavy (non-hydrogen) atoms. The molecule has 0 saturated carbocycles. The summed E-state index contributed by atoms with van der Waals surface area (Å²) < 4.78 is 1.82. The lowest BCUT2D eigenvalue weighted by atomic mass is 9.93. The predicted octanol–water partition coefficient (Wildman–Crippen LogP) is 3.12. The number of fused-ring (bicyclic) bond motifs is 1. The molecule has 5 heteroatoms. The molecule has 3 heterocycles. The van der Waals surface area contributed by atoms with Gasteiger partial charge in [0.1, 0.15) is 5.82 Å². The van der Waals surface area contributed by atoms with E-state index in [0.717, 1.165) is 30.3 Å². The molecule has 0 N–H and O–H groups in total. The van der Waals surface area contributed by atoms with Crippen molar-refractivity contribution in [2.75, 3.05) is 11.4 Å². The van der Waals surface area contributed by atoms with Crippen molar-refractivity contribution in [3.8, 4) is 0 Å². The number of rotatable bonds is 2. The van der Waals surface area contributed by atoms with Gasteiger partial charge in [-0.05, 0) is 50.5 Å². The van der Waals surface area contributed by atoms with Crippen molar-refractivity contribution in [1.29, 1.82) is 0 Å². The van der Waals surface area contributed by atoms with Crippen LogP contribution in [0.3, 0.4) is 0 Å². The van der Waals surface area contributed by atoms with Gasteiger partial charge in [-0.3, -0.25) is 0 Å². The van der Waals surface area contributed by atoms with E-state index in [4.69, 9.17) is 5.10 Å². The normalized spacial score (nSPS) is 21.3. The third-order valence-corrected chi connectivity index (χ3v) is 4.90. The minimum absolute atomic E-state index is 0.473. The second-order valence-electron chi connectivity index (χ2n) is 6.50. The largest absolute Gasteiger partial charge is 0.352 e. The number of aryl methyl sites for hydroxylation is 2. The molecule has 3 aromatic rings. The first-order chi connectivity index (χ1) is 11.1. The lowest BCUT2D eigenvalue weighted by Gasteiger charge is -2.22. The molecule has 0 amide bonds. The SMILES string of the molecule is Cc1ccccc1[C@@H]1C[C@@H](C)N(c2ccc3nnc(C)n3n2)C1. The highest BCUT2D eigenvalue weighted by atomic mass is 15.4. The van der Waals surface area contributed by atoms with Crippen LogP contribution in [-0.2, 0) is 0 Å². The molecule has 0 aliphatic carbocycles. The monoisotopic (exact) mass is 307 g/mol. The second-order valence-corrected chi connectivity index (χ2v) is 6.50. The van der Waals surface area contributed by atoms with Crippen LogP contribution in [0.4, 0.5) is 5.82 Å². The molecule has 118 valence electrons. The summed E-state index contributed by atoms with van der Waals surface area (Å²) in [6.45, 7) is 7.42. The van der Waals surface area contributed by atoms with Gasteiger partial charge < -0.3 is 4.90 Å². The first-order valence-electron chi connectivity index (χ1n) is 8.14. The summed E-state index contributed by atoms with van der Waals surface area (Å²) in [6, 6.07) is 13.2. The Hall–Kier alpha value is -2.43. The number of nitrogens with zero attached hydrogens (tertiary/aromatic N) is 5. The molecule has 2 atom stereocenters. The van der Waals surface area contributed by atoms with E-state index in [1.54, 1.807) is 0 Å². The van der Waals surface area contributed by atoms with Gasteiger partial charge in [0, 0.05) is 18.5 Å². The van der Waals surface area contributed by atoms with Gasteiger partial charge in [0.15, 0.2) is 11.5 Å². The van der Waals surface area contributed by atoms with Crippen LogP contribution in [0.2, 0.25) is 0 Å². The van der Waals surface area contributed by atoms with Crippen molar-refractivity contribution in [3.05, 3.63) is 53.3 Å². The Kier molecular flexibility index (Phi) is 3.29. The number of benzene rings is 1. The average Bonchev–Trinajstić information content (AvgIpc) is 3.11. The standard InChI is InChI=1S/C18H21N5/c1-12-6-4-5-7-16(12)15-10-13(2)22(11-15)18-9-8-17-20-19-14(3)23(17)21-18/h4-9,13,15H,10-11H2,1-3H3/t13-,15-/m1/s1. The van der Waals surface area contributed by atoms with E-state index in [-0.39, 0.29) is 0 Å². The van der Waals surface area contributed by atoms with Crippen LogP contribution in [0.5, 0.6) is 0 Å². The predicted molar refractivity (Wildman–Crippen MR) is 90.9 cm³/mol. The molecule has 1 aliphatic rings. The van der Waals surface area contributed by atoms with Gasteiger partial charge in [0.2, 0.25) is 0 Å². The van der Waals surface area contributed by atoms with Crippen molar-refractivity contribution in [2.24, 2.45) is 0 Å². The molecule has 0 radical (unpaired) electrons. The first-order valence-corrected chi connectivity index (χ1v) is 8.14. The number of aromatic nitrogens is 4. The van der Waals surface area contributed by atoms with E-state index in [9.17, 15) is 0 Å². The van der Waals surface area contributed by atoms with Crippen LogP contribution in [-0.4, -0.2) is 32.4 Å². The fraction of sp³-hybridized carbons (Fsp3) is 0.389. The summed E-state index contributed by atoms with van der Waals surface area (Å²) >= 11 is 0. The minimum Gasteiger partial charge on any atom is -0.352 e. The molecule has 4 rings (SSSR count). The van der Waals surface area contributed by atoms with Gasteiger partial charge in [-0.15, -0.1) is 15.3 Å². The van der Waals surface area contributed by atoms with E-state index < -0.39 is 0 Å². The van der Waals surface area contributed by atoms with Gasteiger partial charge in [-0.2, -0.15) is 4.52 Å². The Morgan fingerprint density at radius 3 is 2.70 bits per heavy atom.